The highest BCUT2D eigenvalue weighted by Crippen LogP contribution is 2.23. The molecule has 0 aliphatic heterocycles. The number of benzene rings is 1. The van der Waals surface area contributed by atoms with Gasteiger partial charge in [-0.05, 0) is 49.7 Å². The normalized spacial score (nSPS) is 11.7. The van der Waals surface area contributed by atoms with Gasteiger partial charge in [0.2, 0.25) is 0 Å². The lowest BCUT2D eigenvalue weighted by Gasteiger charge is -2.15. The molecule has 2 aromatic rings. The minimum absolute atomic E-state index is 0.103. The second kappa shape index (κ2) is 6.74. The molecule has 1 heterocycles. The smallest absolute Gasteiger partial charge is 0.251 e. The third-order valence-corrected chi connectivity index (χ3v) is 3.13. The molecule has 1 aromatic carbocycles. The van der Waals surface area contributed by atoms with Crippen LogP contribution in [0.4, 0.5) is 5.69 Å². The van der Waals surface area contributed by atoms with Crippen molar-refractivity contribution in [3.63, 3.8) is 0 Å². The van der Waals surface area contributed by atoms with E-state index in [1.807, 2.05) is 26.0 Å². The van der Waals surface area contributed by atoms with Crippen molar-refractivity contribution in [2.24, 2.45) is 0 Å². The maximum absolute atomic E-state index is 12.2. The molecule has 1 atom stereocenters. The fraction of sp³-hybridized carbons (Fsp3) is 0.250. The maximum atomic E-state index is 12.2. The molecular weight excluding hydrogens is 266 g/mol. The first-order valence-electron chi connectivity index (χ1n) is 6.85. The van der Waals surface area contributed by atoms with Crippen molar-refractivity contribution in [2.45, 2.75) is 19.9 Å². The van der Waals surface area contributed by atoms with E-state index in [0.29, 0.717) is 23.6 Å². The van der Waals surface area contributed by atoms with Gasteiger partial charge in [0, 0.05) is 18.0 Å². The van der Waals surface area contributed by atoms with E-state index in [1.165, 1.54) is 0 Å². The van der Waals surface area contributed by atoms with E-state index in [4.69, 9.17) is 10.5 Å². The number of nitrogen functional groups attached to an aromatic ring is 1. The van der Waals surface area contributed by atoms with Crippen molar-refractivity contribution in [1.82, 2.24) is 10.3 Å². The average Bonchev–Trinajstić information content (AvgIpc) is 2.50. The van der Waals surface area contributed by atoms with Crippen molar-refractivity contribution < 1.29 is 9.53 Å². The lowest BCUT2D eigenvalue weighted by molar-refractivity contribution is 0.0940. The van der Waals surface area contributed by atoms with Gasteiger partial charge in [-0.1, -0.05) is 0 Å². The zero-order valence-electron chi connectivity index (χ0n) is 12.2. The minimum Gasteiger partial charge on any atom is -0.492 e. The number of carbonyl (C=O) groups is 1. The Kier molecular flexibility index (Phi) is 4.77. The van der Waals surface area contributed by atoms with E-state index in [0.717, 1.165) is 5.56 Å². The summed E-state index contributed by atoms with van der Waals surface area (Å²) in [6.45, 7) is 4.34. The molecule has 1 amide bonds. The molecule has 0 bridgehead atoms. The van der Waals surface area contributed by atoms with Crippen molar-refractivity contribution in [2.75, 3.05) is 12.3 Å². The predicted octanol–water partition coefficient (Wildman–Crippen LogP) is 2.55. The Balaban J connectivity index is 2.08. The Hall–Kier alpha value is -2.56. The summed E-state index contributed by atoms with van der Waals surface area (Å²) >= 11 is 0. The number of ether oxygens (including phenoxy) is 1. The summed E-state index contributed by atoms with van der Waals surface area (Å²) in [7, 11) is 0. The summed E-state index contributed by atoms with van der Waals surface area (Å²) in [5.41, 5.74) is 7.84. The van der Waals surface area contributed by atoms with Crippen LogP contribution in [0.3, 0.4) is 0 Å². The highest BCUT2D eigenvalue weighted by atomic mass is 16.5. The van der Waals surface area contributed by atoms with Crippen molar-refractivity contribution >= 4 is 11.6 Å². The van der Waals surface area contributed by atoms with Gasteiger partial charge in [0.1, 0.15) is 5.75 Å². The number of carbonyl (C=O) groups excluding carboxylic acids is 1. The molecule has 110 valence electrons. The van der Waals surface area contributed by atoms with Crippen LogP contribution in [-0.4, -0.2) is 17.5 Å². The molecule has 5 nitrogen and oxygen atoms in total. The van der Waals surface area contributed by atoms with Crippen LogP contribution in [0.5, 0.6) is 5.75 Å². The first-order chi connectivity index (χ1) is 10.1. The molecule has 1 aromatic heterocycles. The SMILES string of the molecule is CCOc1ccc(C(=O)NC(C)c2ccncc2)cc1N. The Bertz CT molecular complexity index is 614. The monoisotopic (exact) mass is 285 g/mol. The zero-order chi connectivity index (χ0) is 15.2. The van der Waals surface area contributed by atoms with Crippen LogP contribution >= 0.6 is 0 Å². The number of nitrogens with two attached hydrogens (primary N) is 1. The summed E-state index contributed by atoms with van der Waals surface area (Å²) in [4.78, 5) is 16.2. The molecule has 0 saturated heterocycles. The topological polar surface area (TPSA) is 77.2 Å². The molecule has 3 N–H and O–H groups in total. The molecule has 2 rings (SSSR count). The van der Waals surface area contributed by atoms with Gasteiger partial charge >= 0.3 is 0 Å². The molecular formula is C16H19N3O2. The molecule has 0 fully saturated rings. The van der Waals surface area contributed by atoms with Crippen LogP contribution in [0, 0.1) is 0 Å². The van der Waals surface area contributed by atoms with Crippen molar-refractivity contribution in [3.8, 4) is 5.75 Å². The lowest BCUT2D eigenvalue weighted by atomic mass is 10.1. The van der Waals surface area contributed by atoms with Crippen LogP contribution < -0.4 is 15.8 Å². The number of nitrogens with one attached hydrogen (secondary N) is 1. The van der Waals surface area contributed by atoms with Gasteiger partial charge in [0.05, 0.1) is 18.3 Å². The van der Waals surface area contributed by atoms with E-state index in [-0.39, 0.29) is 11.9 Å². The third-order valence-electron chi connectivity index (χ3n) is 3.13. The number of anilines is 1. The molecule has 21 heavy (non-hydrogen) atoms. The number of amides is 1. The molecule has 0 aliphatic carbocycles. The van der Waals surface area contributed by atoms with E-state index >= 15 is 0 Å². The molecule has 0 radical (unpaired) electrons. The van der Waals surface area contributed by atoms with E-state index in [9.17, 15) is 4.79 Å². The van der Waals surface area contributed by atoms with Gasteiger partial charge in [-0.2, -0.15) is 0 Å². The predicted molar refractivity (Wildman–Crippen MR) is 82.1 cm³/mol. The number of rotatable bonds is 5. The zero-order valence-corrected chi connectivity index (χ0v) is 12.2. The first kappa shape index (κ1) is 14.8. The van der Waals surface area contributed by atoms with Gasteiger partial charge in [-0.25, -0.2) is 0 Å². The first-order valence-corrected chi connectivity index (χ1v) is 6.85. The highest BCUT2D eigenvalue weighted by molar-refractivity contribution is 5.95. The fourth-order valence-electron chi connectivity index (χ4n) is 1.99. The molecule has 1 unspecified atom stereocenters. The number of nitrogens with zero attached hydrogens (tertiary/aromatic N) is 1. The Morgan fingerprint density at radius 3 is 2.67 bits per heavy atom. The number of aromatic nitrogens is 1. The molecule has 0 saturated carbocycles. The molecule has 0 spiro atoms. The molecule has 0 aliphatic rings. The fourth-order valence-corrected chi connectivity index (χ4v) is 1.99. The highest BCUT2D eigenvalue weighted by Gasteiger charge is 2.12. The second-order valence-corrected chi connectivity index (χ2v) is 4.66. The standard InChI is InChI=1S/C16H19N3O2/c1-3-21-15-5-4-13(10-14(15)17)16(20)19-11(2)12-6-8-18-9-7-12/h4-11H,3,17H2,1-2H3,(H,19,20). The molecule has 5 heteroatoms. The van der Waals surface area contributed by atoms with Gasteiger partial charge < -0.3 is 15.8 Å². The Morgan fingerprint density at radius 2 is 2.05 bits per heavy atom. The summed E-state index contributed by atoms with van der Waals surface area (Å²) in [6, 6.07) is 8.68. The summed E-state index contributed by atoms with van der Waals surface area (Å²) in [5, 5.41) is 2.93. The van der Waals surface area contributed by atoms with E-state index in [2.05, 4.69) is 10.3 Å². The second-order valence-electron chi connectivity index (χ2n) is 4.66. The maximum Gasteiger partial charge on any atom is 0.251 e. The number of hydrogen-bond acceptors (Lipinski definition) is 4. The van der Waals surface area contributed by atoms with Crippen LogP contribution in [-0.2, 0) is 0 Å². The summed E-state index contributed by atoms with van der Waals surface area (Å²) in [6.07, 6.45) is 3.40. The van der Waals surface area contributed by atoms with Crippen molar-refractivity contribution in [1.29, 1.82) is 0 Å². The van der Waals surface area contributed by atoms with E-state index < -0.39 is 0 Å². The van der Waals surface area contributed by atoms with Crippen LogP contribution in [0.2, 0.25) is 0 Å². The minimum atomic E-state index is -0.172. The quantitative estimate of drug-likeness (QED) is 0.828. The summed E-state index contributed by atoms with van der Waals surface area (Å²) < 4.78 is 5.36. The lowest BCUT2D eigenvalue weighted by Crippen LogP contribution is -2.26. The van der Waals surface area contributed by atoms with Gasteiger partial charge in [0.25, 0.3) is 5.91 Å². The Morgan fingerprint density at radius 1 is 1.33 bits per heavy atom. The van der Waals surface area contributed by atoms with Crippen molar-refractivity contribution in [3.05, 3.63) is 53.9 Å². The van der Waals surface area contributed by atoms with Crippen LogP contribution in [0.15, 0.2) is 42.7 Å². The number of hydrogen-bond donors (Lipinski definition) is 2. The third kappa shape index (κ3) is 3.72. The van der Waals surface area contributed by atoms with Crippen LogP contribution in [0.25, 0.3) is 0 Å². The van der Waals surface area contributed by atoms with Gasteiger partial charge in [-0.15, -0.1) is 0 Å². The van der Waals surface area contributed by atoms with Gasteiger partial charge in [-0.3, -0.25) is 9.78 Å². The summed E-state index contributed by atoms with van der Waals surface area (Å²) in [5.74, 6) is 0.422. The average molecular weight is 285 g/mol. The Labute approximate surface area is 124 Å². The van der Waals surface area contributed by atoms with Crippen LogP contribution in [0.1, 0.15) is 35.8 Å². The van der Waals surface area contributed by atoms with Gasteiger partial charge in [0.15, 0.2) is 0 Å². The largest absolute Gasteiger partial charge is 0.492 e. The van der Waals surface area contributed by atoms with E-state index in [1.54, 1.807) is 30.6 Å². The number of pyridine rings is 1.